The van der Waals surface area contributed by atoms with Crippen molar-refractivity contribution in [3.8, 4) is 0 Å². The van der Waals surface area contributed by atoms with E-state index in [2.05, 4.69) is 0 Å². The third-order valence-electron chi connectivity index (χ3n) is 0. The van der Waals surface area contributed by atoms with Crippen LogP contribution in [0.15, 0.2) is 0 Å². The predicted molar refractivity (Wildman–Crippen MR) is 10.1 cm³/mol. The van der Waals surface area contributed by atoms with E-state index in [-0.39, 0.29) is 0 Å². The molecule has 0 aromatic carbocycles. The molecule has 0 atom stereocenters. The van der Waals surface area contributed by atoms with E-state index in [1.165, 1.54) is 0 Å². The molecule has 0 fully saturated rings. The summed E-state index contributed by atoms with van der Waals surface area (Å²) in [7, 11) is 0. The Morgan fingerprint density at radius 1 is 0.700 bits per heavy atom. The fourth-order valence-corrected chi connectivity index (χ4v) is 0. The van der Waals surface area contributed by atoms with E-state index in [0.717, 1.165) is 0 Å². The molecule has 0 rings (SSSR count). The molecule has 0 aromatic rings. The van der Waals surface area contributed by atoms with Crippen molar-refractivity contribution in [3.05, 3.63) is 0 Å². The number of hydrogen-bond donors (Lipinski definition) is 3. The van der Waals surface area contributed by atoms with E-state index in [1.807, 2.05) is 0 Å². The first kappa shape index (κ1) is 12.6. The summed E-state index contributed by atoms with van der Waals surface area (Å²) in [4.78, 5) is 0. The molecule has 65 valence electrons. The van der Waals surface area contributed by atoms with E-state index >= 15 is 0 Å². The van der Waals surface area contributed by atoms with Crippen molar-refractivity contribution in [3.63, 3.8) is 0 Å². The molecule has 0 heterocycles. The van der Waals surface area contributed by atoms with Gasteiger partial charge in [-0.3, -0.25) is 0 Å². The van der Waals surface area contributed by atoms with Crippen LogP contribution in [0.4, 0.5) is 0 Å². The molecule has 0 saturated heterocycles. The van der Waals surface area contributed by atoms with Crippen molar-refractivity contribution in [2.24, 2.45) is 0 Å². The van der Waals surface area contributed by atoms with Crippen LogP contribution < -0.4 is 0 Å². The molecule has 0 spiro atoms. The summed E-state index contributed by atoms with van der Waals surface area (Å²) in [6.07, 6.45) is 0. The fraction of sp³-hybridized carbons (Fsp3) is 0. The number of hydrogen-bond acceptors (Lipinski definition) is 5. The molecule has 10 heavy (non-hydrogen) atoms. The monoisotopic (exact) mass is 241 g/mol. The average Bonchev–Trinajstić information content (AvgIpc) is 1.12. The van der Waals surface area contributed by atoms with Crippen LogP contribution in [-0.2, 0) is 45.5 Å². The van der Waals surface area contributed by atoms with Gasteiger partial charge in [0.05, 0.1) is 0 Å². The zero-order chi connectivity index (χ0) is 9.00. The van der Waals surface area contributed by atoms with Crippen LogP contribution in [0.1, 0.15) is 0 Å². The van der Waals surface area contributed by atoms with Crippen LogP contribution in [0.25, 0.3) is 0 Å². The Morgan fingerprint density at radius 2 is 0.700 bits per heavy atom. The van der Waals surface area contributed by atoms with Crippen LogP contribution in [0.5, 0.6) is 0 Å². The van der Waals surface area contributed by atoms with Gasteiger partial charge in [0.2, 0.25) is 0 Å². The molecule has 0 aliphatic carbocycles. The third kappa shape index (κ3) is 57700. The first-order valence-corrected chi connectivity index (χ1v) is 5.27. The minimum absolute atomic E-state index is 5.12. The van der Waals surface area contributed by atoms with E-state index < -0.39 is 26.3 Å². The Labute approximate surface area is 58.5 Å². The van der Waals surface area contributed by atoms with Crippen molar-refractivity contribution in [2.45, 2.75) is 0 Å². The maximum atomic E-state index is 8.80. The molecule has 10 heteroatoms. The summed E-state index contributed by atoms with van der Waals surface area (Å²) in [5, 5.41) is 0. The SMILES string of the molecule is [O]=[Mn](=[O])(=[O])[OH].[O]=[Mn](=[O])([OH])[OH]. The van der Waals surface area contributed by atoms with Gasteiger partial charge in [0, 0.05) is 0 Å². The van der Waals surface area contributed by atoms with Crippen LogP contribution in [0.2, 0.25) is 0 Å². The second-order valence-electron chi connectivity index (χ2n) is 0.811. The van der Waals surface area contributed by atoms with Gasteiger partial charge >= 0.3 is 58.1 Å². The standard InChI is InChI=1S/2Mn.3H2O.5O/h;;3*1H2;;;;;/q+1;+2;;;;;;;;/p-3. The van der Waals surface area contributed by atoms with Gasteiger partial charge in [-0.05, 0) is 0 Å². The topological polar surface area (TPSA) is 146 Å². The van der Waals surface area contributed by atoms with Crippen LogP contribution in [-0.4, -0.2) is 12.6 Å². The van der Waals surface area contributed by atoms with Crippen molar-refractivity contribution in [1.29, 1.82) is 0 Å². The van der Waals surface area contributed by atoms with Crippen molar-refractivity contribution >= 4 is 0 Å². The zero-order valence-electron chi connectivity index (χ0n) is 4.14. The van der Waals surface area contributed by atoms with Gasteiger partial charge < -0.3 is 0 Å². The molecule has 0 aromatic heterocycles. The summed E-state index contributed by atoms with van der Waals surface area (Å²) < 4.78 is 64.9. The van der Waals surface area contributed by atoms with E-state index in [9.17, 15) is 0 Å². The second kappa shape index (κ2) is 3.94. The average molecular weight is 241 g/mol. The van der Waals surface area contributed by atoms with E-state index in [4.69, 9.17) is 31.7 Å². The van der Waals surface area contributed by atoms with Gasteiger partial charge in [0.1, 0.15) is 0 Å². The van der Waals surface area contributed by atoms with Crippen molar-refractivity contribution in [2.75, 3.05) is 0 Å². The summed E-state index contributed by atoms with van der Waals surface area (Å²) >= 11 is -10.5. The Hall–Kier alpha value is -0.0810. The van der Waals surface area contributed by atoms with E-state index in [1.54, 1.807) is 0 Å². The minimum atomic E-state index is -5.38. The van der Waals surface area contributed by atoms with E-state index in [0.29, 0.717) is 0 Å². The van der Waals surface area contributed by atoms with Crippen molar-refractivity contribution in [1.82, 2.24) is 0 Å². The molecule has 0 amide bonds. The summed E-state index contributed by atoms with van der Waals surface area (Å²) in [5.41, 5.74) is 0. The molecule has 3 N–H and O–H groups in total. The van der Waals surface area contributed by atoms with Gasteiger partial charge in [-0.25, -0.2) is 0 Å². The Bertz CT molecular complexity index is 282. The van der Waals surface area contributed by atoms with Crippen molar-refractivity contribution < 1.29 is 58.1 Å². The maximum absolute atomic E-state index is 8.80. The molecule has 0 aliphatic rings. The van der Waals surface area contributed by atoms with Gasteiger partial charge in [-0.2, -0.15) is 0 Å². The third-order valence-corrected chi connectivity index (χ3v) is 0. The molecule has 0 saturated carbocycles. The van der Waals surface area contributed by atoms with Gasteiger partial charge in [-0.15, -0.1) is 0 Å². The van der Waals surface area contributed by atoms with Gasteiger partial charge in [-0.1, -0.05) is 0 Å². The normalized spacial score (nSPS) is 11.5. The summed E-state index contributed by atoms with van der Waals surface area (Å²) in [6.45, 7) is 0. The summed E-state index contributed by atoms with van der Waals surface area (Å²) in [5.74, 6) is 0. The molecule has 0 aliphatic heterocycles. The molecule has 0 unspecified atom stereocenters. The van der Waals surface area contributed by atoms with Crippen LogP contribution in [0.3, 0.4) is 0 Å². The summed E-state index contributed by atoms with van der Waals surface area (Å²) in [6, 6.07) is 0. The quantitative estimate of drug-likeness (QED) is 0.402. The first-order valence-electron chi connectivity index (χ1n) is 1.28. The van der Waals surface area contributed by atoms with Crippen LogP contribution >= 0.6 is 0 Å². The van der Waals surface area contributed by atoms with Gasteiger partial charge in [0.15, 0.2) is 0 Å². The molecule has 8 nitrogen and oxygen atoms in total. The Kier molecular flexibility index (Phi) is 4.95. The predicted octanol–water partition coefficient (Wildman–Crippen LogP) is -2.27. The zero-order valence-corrected chi connectivity index (χ0v) is 6.50. The Morgan fingerprint density at radius 3 is 0.700 bits per heavy atom. The first-order chi connectivity index (χ1) is 4.00. The second-order valence-corrected chi connectivity index (χ2v) is 3.34. The van der Waals surface area contributed by atoms with Gasteiger partial charge in [0.25, 0.3) is 0 Å². The molecular weight excluding hydrogens is 238 g/mol. The van der Waals surface area contributed by atoms with Crippen LogP contribution in [0, 0.1) is 0 Å². The number of rotatable bonds is 0. The molecular formula is H3Mn2O8. The fourth-order valence-electron chi connectivity index (χ4n) is 0. The Balaban J connectivity index is 0. The molecule has 0 radical (unpaired) electrons. The molecule has 0 bridgehead atoms.